The van der Waals surface area contributed by atoms with Crippen molar-refractivity contribution in [3.8, 4) is 23.0 Å². The average Bonchev–Trinajstić information content (AvgIpc) is 3.20. The minimum absolute atomic E-state index is 0.0141. The number of halogens is 1. The maximum atomic E-state index is 13.7. The first-order chi connectivity index (χ1) is 13.2. The van der Waals surface area contributed by atoms with Gasteiger partial charge in [0.15, 0.2) is 0 Å². The van der Waals surface area contributed by atoms with E-state index in [2.05, 4.69) is 20.4 Å². The second-order valence-corrected chi connectivity index (χ2v) is 5.65. The predicted octanol–water partition coefficient (Wildman–Crippen LogP) is 4.19. The molecule has 27 heavy (non-hydrogen) atoms. The first-order valence-electron chi connectivity index (χ1n) is 8.12. The van der Waals surface area contributed by atoms with E-state index >= 15 is 0 Å². The molecule has 1 N–H and O–H groups in total. The van der Waals surface area contributed by atoms with Gasteiger partial charge in [0.1, 0.15) is 11.5 Å². The lowest BCUT2D eigenvalue weighted by molar-refractivity contribution is 0.102. The molecule has 132 valence electrons. The summed E-state index contributed by atoms with van der Waals surface area (Å²) in [5, 5.41) is 6.61. The molecule has 2 heterocycles. The first kappa shape index (κ1) is 16.6. The van der Waals surface area contributed by atoms with E-state index in [1.54, 1.807) is 48.7 Å². The fraction of sp³-hybridized carbons (Fsp3) is 0. The lowest BCUT2D eigenvalue weighted by atomic mass is 10.1. The van der Waals surface area contributed by atoms with Crippen LogP contribution in [0.25, 0.3) is 23.0 Å². The van der Waals surface area contributed by atoms with Gasteiger partial charge in [-0.25, -0.2) is 4.39 Å². The molecule has 0 aliphatic carbocycles. The molecule has 4 aromatic rings. The van der Waals surface area contributed by atoms with Crippen LogP contribution in [0, 0.1) is 5.82 Å². The number of nitrogens with one attached hydrogen (secondary N) is 1. The Balaban J connectivity index is 1.50. The van der Waals surface area contributed by atoms with E-state index in [9.17, 15) is 9.18 Å². The Bertz CT molecular complexity index is 1080. The van der Waals surface area contributed by atoms with Crippen LogP contribution in [0.3, 0.4) is 0 Å². The van der Waals surface area contributed by atoms with Crippen LogP contribution in [0.4, 0.5) is 10.1 Å². The summed E-state index contributed by atoms with van der Waals surface area (Å²) in [4.78, 5) is 20.6. The summed E-state index contributed by atoms with van der Waals surface area (Å²) in [5.74, 6) is -0.358. The van der Waals surface area contributed by atoms with E-state index in [4.69, 9.17) is 4.52 Å². The Morgan fingerprint density at radius 3 is 2.48 bits per heavy atom. The number of hydrogen-bond acceptors (Lipinski definition) is 5. The second-order valence-electron chi connectivity index (χ2n) is 5.65. The van der Waals surface area contributed by atoms with Gasteiger partial charge in [0.2, 0.25) is 5.82 Å². The van der Waals surface area contributed by atoms with Crippen molar-refractivity contribution in [3.63, 3.8) is 0 Å². The van der Waals surface area contributed by atoms with Crippen LogP contribution < -0.4 is 5.32 Å². The summed E-state index contributed by atoms with van der Waals surface area (Å²) in [6, 6.07) is 18.1. The Hall–Kier alpha value is -3.87. The van der Waals surface area contributed by atoms with Crippen LogP contribution in [0.2, 0.25) is 0 Å². The van der Waals surface area contributed by atoms with E-state index < -0.39 is 11.7 Å². The van der Waals surface area contributed by atoms with Gasteiger partial charge < -0.3 is 9.84 Å². The van der Waals surface area contributed by atoms with E-state index in [0.29, 0.717) is 28.7 Å². The normalized spacial score (nSPS) is 10.6. The Morgan fingerprint density at radius 2 is 1.74 bits per heavy atom. The number of anilines is 1. The van der Waals surface area contributed by atoms with Crippen molar-refractivity contribution < 1.29 is 13.7 Å². The average molecular weight is 360 g/mol. The standard InChI is InChI=1S/C20H13FN4O2/c21-16-6-2-1-5-15(16)19(26)23-14-10-8-13(9-11-14)18-24-20(27-25-18)17-7-3-4-12-22-17/h1-12H,(H,23,26). The molecule has 0 aliphatic rings. The third-order valence-corrected chi connectivity index (χ3v) is 3.83. The smallest absolute Gasteiger partial charge is 0.276 e. The third-order valence-electron chi connectivity index (χ3n) is 3.83. The third kappa shape index (κ3) is 3.57. The molecular formula is C20H13FN4O2. The van der Waals surface area contributed by atoms with Crippen molar-refractivity contribution in [2.75, 3.05) is 5.32 Å². The second kappa shape index (κ2) is 7.17. The number of amides is 1. The fourth-order valence-corrected chi connectivity index (χ4v) is 2.48. The molecule has 4 rings (SSSR count). The van der Waals surface area contributed by atoms with Gasteiger partial charge in [0.05, 0.1) is 5.56 Å². The van der Waals surface area contributed by atoms with Crippen LogP contribution in [-0.2, 0) is 0 Å². The summed E-state index contributed by atoms with van der Waals surface area (Å²) in [5.41, 5.74) is 1.81. The monoisotopic (exact) mass is 360 g/mol. The zero-order valence-corrected chi connectivity index (χ0v) is 14.0. The van der Waals surface area contributed by atoms with Gasteiger partial charge >= 0.3 is 0 Å². The van der Waals surface area contributed by atoms with Crippen LogP contribution in [-0.4, -0.2) is 21.0 Å². The van der Waals surface area contributed by atoms with E-state index in [-0.39, 0.29) is 5.56 Å². The molecular weight excluding hydrogens is 347 g/mol. The van der Waals surface area contributed by atoms with Gasteiger partial charge in [-0.15, -0.1) is 0 Å². The molecule has 1 amide bonds. The molecule has 0 spiro atoms. The zero-order valence-electron chi connectivity index (χ0n) is 14.0. The number of aromatic nitrogens is 3. The number of carbonyl (C=O) groups excluding carboxylic acids is 1. The van der Waals surface area contributed by atoms with Crippen molar-refractivity contribution in [2.24, 2.45) is 0 Å². The fourth-order valence-electron chi connectivity index (χ4n) is 2.48. The number of carbonyl (C=O) groups is 1. The Labute approximate surface area is 153 Å². The highest BCUT2D eigenvalue weighted by Gasteiger charge is 2.13. The summed E-state index contributed by atoms with van der Waals surface area (Å²) in [6.07, 6.45) is 1.65. The van der Waals surface area contributed by atoms with Gasteiger partial charge in [-0.2, -0.15) is 4.98 Å². The molecule has 0 atom stereocenters. The highest BCUT2D eigenvalue weighted by Crippen LogP contribution is 2.22. The van der Waals surface area contributed by atoms with Crippen molar-refractivity contribution >= 4 is 11.6 Å². The molecule has 0 unspecified atom stereocenters. The van der Waals surface area contributed by atoms with Gasteiger partial charge in [-0.3, -0.25) is 9.78 Å². The SMILES string of the molecule is O=C(Nc1ccc(-c2noc(-c3ccccn3)n2)cc1)c1ccccc1F. The van der Waals surface area contributed by atoms with Crippen LogP contribution in [0.1, 0.15) is 10.4 Å². The molecule has 0 saturated heterocycles. The highest BCUT2D eigenvalue weighted by molar-refractivity contribution is 6.04. The molecule has 0 saturated carbocycles. The van der Waals surface area contributed by atoms with Crippen molar-refractivity contribution in [1.82, 2.24) is 15.1 Å². The summed E-state index contributed by atoms with van der Waals surface area (Å²) >= 11 is 0. The lowest BCUT2D eigenvalue weighted by Crippen LogP contribution is -2.13. The van der Waals surface area contributed by atoms with Crippen molar-refractivity contribution in [3.05, 3.63) is 84.3 Å². The summed E-state index contributed by atoms with van der Waals surface area (Å²) in [7, 11) is 0. The Morgan fingerprint density at radius 1 is 0.963 bits per heavy atom. The molecule has 7 heteroatoms. The van der Waals surface area contributed by atoms with Gasteiger partial charge in [0, 0.05) is 17.4 Å². The number of hydrogen-bond donors (Lipinski definition) is 1. The molecule has 2 aromatic carbocycles. The molecule has 0 bridgehead atoms. The molecule has 0 radical (unpaired) electrons. The Kier molecular flexibility index (Phi) is 4.40. The maximum absolute atomic E-state index is 13.7. The van der Waals surface area contributed by atoms with Gasteiger partial charge in [-0.05, 0) is 48.5 Å². The topological polar surface area (TPSA) is 80.9 Å². The first-order valence-corrected chi connectivity index (χ1v) is 8.12. The summed E-state index contributed by atoms with van der Waals surface area (Å²) < 4.78 is 18.9. The largest absolute Gasteiger partial charge is 0.332 e. The van der Waals surface area contributed by atoms with Crippen LogP contribution in [0.5, 0.6) is 0 Å². The quantitative estimate of drug-likeness (QED) is 0.590. The number of pyridine rings is 1. The molecule has 6 nitrogen and oxygen atoms in total. The van der Waals surface area contributed by atoms with Gasteiger partial charge in [-0.1, -0.05) is 23.4 Å². The minimum Gasteiger partial charge on any atom is -0.332 e. The maximum Gasteiger partial charge on any atom is 0.276 e. The number of benzene rings is 2. The summed E-state index contributed by atoms with van der Waals surface area (Å²) in [6.45, 7) is 0. The van der Waals surface area contributed by atoms with Crippen molar-refractivity contribution in [1.29, 1.82) is 0 Å². The number of nitrogens with zero attached hydrogens (tertiary/aromatic N) is 3. The highest BCUT2D eigenvalue weighted by atomic mass is 19.1. The molecule has 0 fully saturated rings. The van der Waals surface area contributed by atoms with Crippen LogP contribution in [0.15, 0.2) is 77.4 Å². The van der Waals surface area contributed by atoms with Gasteiger partial charge in [0.25, 0.3) is 11.8 Å². The molecule has 0 aliphatic heterocycles. The van der Waals surface area contributed by atoms with E-state index in [1.807, 2.05) is 6.07 Å². The number of rotatable bonds is 4. The lowest BCUT2D eigenvalue weighted by Gasteiger charge is -2.06. The molecule has 2 aromatic heterocycles. The zero-order chi connectivity index (χ0) is 18.6. The van der Waals surface area contributed by atoms with E-state index in [0.717, 1.165) is 0 Å². The van der Waals surface area contributed by atoms with E-state index in [1.165, 1.54) is 18.2 Å². The predicted molar refractivity (Wildman–Crippen MR) is 97.3 cm³/mol. The minimum atomic E-state index is -0.569. The van der Waals surface area contributed by atoms with Crippen LogP contribution >= 0.6 is 0 Å². The van der Waals surface area contributed by atoms with Crippen molar-refractivity contribution in [2.45, 2.75) is 0 Å².